The third-order valence-electron chi connectivity index (χ3n) is 8.25. The first-order valence-electron chi connectivity index (χ1n) is 19.9. The minimum absolute atomic E-state index is 0.0469. The summed E-state index contributed by atoms with van der Waals surface area (Å²) in [5.74, 6) is -1.18. The van der Waals surface area contributed by atoms with Gasteiger partial charge in [0, 0.05) is 6.42 Å². The van der Waals surface area contributed by atoms with Crippen molar-refractivity contribution in [2.24, 2.45) is 0 Å². The molecule has 1 amide bonds. The van der Waals surface area contributed by atoms with Gasteiger partial charge in [0.25, 0.3) is 10.1 Å². The molecule has 0 heterocycles. The van der Waals surface area contributed by atoms with Crippen molar-refractivity contribution in [2.45, 2.75) is 167 Å². The molecule has 0 bridgehead atoms. The average Bonchev–Trinajstić information content (AvgIpc) is 3.09. The van der Waals surface area contributed by atoms with Gasteiger partial charge in [-0.25, -0.2) is 0 Å². The fraction of sp³-hybridized carbons (Fsp3) is 0.614. The third kappa shape index (κ3) is 38.3. The Bertz CT molecular complexity index is 1160. The third-order valence-corrected chi connectivity index (χ3v) is 9.03. The number of hydrogen-bond acceptors (Lipinski definition) is 4. The minimum atomic E-state index is -4.39. The van der Waals surface area contributed by atoms with E-state index in [-0.39, 0.29) is 6.42 Å². The second-order valence-electron chi connectivity index (χ2n) is 13.2. The van der Waals surface area contributed by atoms with Crippen molar-refractivity contribution in [2.75, 3.05) is 5.75 Å². The maximum Gasteiger partial charge on any atom is 0.267 e. The fourth-order valence-electron chi connectivity index (χ4n) is 5.31. The maximum atomic E-state index is 12.4. The van der Waals surface area contributed by atoms with E-state index in [0.717, 1.165) is 51.4 Å². The molecule has 0 spiro atoms. The van der Waals surface area contributed by atoms with E-state index in [4.69, 9.17) is 0 Å². The Labute approximate surface area is 313 Å². The summed E-state index contributed by atoms with van der Waals surface area (Å²) in [6.45, 7) is 4.39. The Balaban J connectivity index is 4.16. The Morgan fingerprint density at radius 3 is 1.43 bits per heavy atom. The van der Waals surface area contributed by atoms with Gasteiger partial charge in [0.15, 0.2) is 0 Å². The van der Waals surface area contributed by atoms with Crippen LogP contribution in [0, 0.1) is 0 Å². The van der Waals surface area contributed by atoms with Crippen LogP contribution in [0.4, 0.5) is 0 Å². The fourth-order valence-corrected chi connectivity index (χ4v) is 6.05. The molecule has 51 heavy (non-hydrogen) atoms. The highest BCUT2D eigenvalue weighted by Gasteiger charge is 2.24. The molecule has 0 saturated carbocycles. The van der Waals surface area contributed by atoms with Gasteiger partial charge in [-0.3, -0.25) is 9.35 Å². The zero-order chi connectivity index (χ0) is 37.5. The highest BCUT2D eigenvalue weighted by atomic mass is 32.2. The molecular formula is C44H73NO5S. The molecule has 0 aromatic heterocycles. The molecule has 0 saturated heterocycles. The van der Waals surface area contributed by atoms with Crippen LogP contribution in [0.25, 0.3) is 0 Å². The van der Waals surface area contributed by atoms with Gasteiger partial charge < -0.3 is 10.4 Å². The predicted octanol–water partition coefficient (Wildman–Crippen LogP) is 11.8. The second kappa shape index (κ2) is 37.0. The zero-order valence-corrected chi connectivity index (χ0v) is 33.0. The quantitative estimate of drug-likeness (QED) is 0.0348. The molecule has 0 radical (unpaired) electrons. The molecule has 2 unspecified atom stereocenters. The van der Waals surface area contributed by atoms with Crippen molar-refractivity contribution >= 4 is 16.0 Å². The first-order chi connectivity index (χ1) is 24.8. The average molecular weight is 728 g/mol. The van der Waals surface area contributed by atoms with Gasteiger partial charge in [-0.15, -0.1) is 0 Å². The van der Waals surface area contributed by atoms with Crippen molar-refractivity contribution in [1.29, 1.82) is 0 Å². The SMILES string of the molecule is CC/C=C\C/C=C\C/C=C\C/C=C\C/C=C\CC(=O)NC(CS(=O)(=O)O)C(O)/C=C/CC/C=C/CC/C=C/CCCCCCCCCCCCC. The molecule has 2 atom stereocenters. The molecule has 3 N–H and O–H groups in total. The Hall–Kier alpha value is -2.74. The summed E-state index contributed by atoms with van der Waals surface area (Å²) in [7, 11) is -4.39. The number of allylic oxidation sites excluding steroid dienone is 14. The van der Waals surface area contributed by atoms with Crippen LogP contribution < -0.4 is 5.32 Å². The van der Waals surface area contributed by atoms with E-state index in [0.29, 0.717) is 12.8 Å². The zero-order valence-electron chi connectivity index (χ0n) is 32.2. The standard InChI is InChI=1S/C44H73NO5S/c1-3-5-7-9-11-13-15-17-19-20-21-22-23-24-26-27-29-31-33-35-37-39-43(46)42(41-51(48,49)50)45-44(47)40-38-36-34-32-30-28-25-18-16-14-12-10-8-6-4-2/h6,8,12,14,18,23-25,29-32,36-39,42-43,46H,3-5,7,9-11,13,15-17,19-22,26-28,33-35,40-41H2,1-2H3,(H,45,47)(H,48,49,50)/b8-6-,14-12-,24-23+,25-18-,31-29+,32-30-,38-36-,39-37+. The number of aliphatic hydroxyl groups excluding tert-OH is 1. The first kappa shape index (κ1) is 48.3. The van der Waals surface area contributed by atoms with Crippen LogP contribution in [0.1, 0.15) is 155 Å². The van der Waals surface area contributed by atoms with Crippen LogP contribution in [0.15, 0.2) is 97.2 Å². The van der Waals surface area contributed by atoms with E-state index in [9.17, 15) is 22.9 Å². The van der Waals surface area contributed by atoms with Gasteiger partial charge in [-0.2, -0.15) is 8.42 Å². The van der Waals surface area contributed by atoms with Crippen LogP contribution in [-0.2, 0) is 14.9 Å². The maximum absolute atomic E-state index is 12.4. The van der Waals surface area contributed by atoms with E-state index in [1.807, 2.05) is 12.2 Å². The lowest BCUT2D eigenvalue weighted by atomic mass is 10.1. The molecule has 0 aliphatic rings. The first-order valence-corrected chi connectivity index (χ1v) is 21.5. The molecule has 0 rings (SSSR count). The van der Waals surface area contributed by atoms with E-state index in [2.05, 4.69) is 86.0 Å². The number of amides is 1. The summed E-state index contributed by atoms with van der Waals surface area (Å²) in [6, 6.07) is -1.14. The monoisotopic (exact) mass is 728 g/mol. The van der Waals surface area contributed by atoms with Gasteiger partial charge in [0.05, 0.1) is 17.9 Å². The Morgan fingerprint density at radius 1 is 0.549 bits per heavy atom. The highest BCUT2D eigenvalue weighted by molar-refractivity contribution is 7.85. The second-order valence-corrected chi connectivity index (χ2v) is 14.7. The number of unbranched alkanes of at least 4 members (excludes halogenated alkanes) is 13. The molecular weight excluding hydrogens is 655 g/mol. The summed E-state index contributed by atoms with van der Waals surface area (Å²) in [6.07, 6.45) is 55.7. The summed E-state index contributed by atoms with van der Waals surface area (Å²) in [4.78, 5) is 12.4. The lowest BCUT2D eigenvalue weighted by Gasteiger charge is -2.20. The van der Waals surface area contributed by atoms with Crippen molar-refractivity contribution in [1.82, 2.24) is 5.32 Å². The Morgan fingerprint density at radius 2 is 0.961 bits per heavy atom. The van der Waals surface area contributed by atoms with E-state index in [1.165, 1.54) is 76.7 Å². The topological polar surface area (TPSA) is 104 Å². The molecule has 0 aromatic rings. The Kier molecular flexibility index (Phi) is 35.0. The number of carbonyl (C=O) groups is 1. The van der Waals surface area contributed by atoms with Crippen LogP contribution in [0.3, 0.4) is 0 Å². The van der Waals surface area contributed by atoms with E-state index < -0.39 is 33.9 Å². The van der Waals surface area contributed by atoms with Gasteiger partial charge in [-0.05, 0) is 70.6 Å². The van der Waals surface area contributed by atoms with Gasteiger partial charge in [-0.1, -0.05) is 175 Å². The lowest BCUT2D eigenvalue weighted by molar-refractivity contribution is -0.121. The van der Waals surface area contributed by atoms with Gasteiger partial charge in [0.1, 0.15) is 0 Å². The van der Waals surface area contributed by atoms with E-state index in [1.54, 1.807) is 12.2 Å². The van der Waals surface area contributed by atoms with Crippen LogP contribution in [0.5, 0.6) is 0 Å². The summed E-state index contributed by atoms with van der Waals surface area (Å²) in [5, 5.41) is 13.1. The van der Waals surface area contributed by atoms with Crippen molar-refractivity contribution in [3.8, 4) is 0 Å². The van der Waals surface area contributed by atoms with Gasteiger partial charge >= 0.3 is 0 Å². The summed E-state index contributed by atoms with van der Waals surface area (Å²) < 4.78 is 32.4. The molecule has 0 aromatic carbocycles. The highest BCUT2D eigenvalue weighted by Crippen LogP contribution is 2.12. The van der Waals surface area contributed by atoms with Crippen LogP contribution in [0.2, 0.25) is 0 Å². The smallest absolute Gasteiger partial charge is 0.267 e. The largest absolute Gasteiger partial charge is 0.387 e. The normalized spacial score (nSPS) is 14.4. The predicted molar refractivity (Wildman–Crippen MR) is 220 cm³/mol. The minimum Gasteiger partial charge on any atom is -0.387 e. The van der Waals surface area contributed by atoms with Crippen molar-refractivity contribution < 1.29 is 22.9 Å². The number of rotatable bonds is 34. The van der Waals surface area contributed by atoms with Crippen LogP contribution in [-0.4, -0.2) is 41.9 Å². The van der Waals surface area contributed by atoms with Gasteiger partial charge in [0.2, 0.25) is 5.91 Å². The summed E-state index contributed by atoms with van der Waals surface area (Å²) >= 11 is 0. The summed E-state index contributed by atoms with van der Waals surface area (Å²) in [5.41, 5.74) is 0. The molecule has 0 aliphatic heterocycles. The molecule has 290 valence electrons. The number of carbonyl (C=O) groups excluding carboxylic acids is 1. The van der Waals surface area contributed by atoms with Crippen molar-refractivity contribution in [3.63, 3.8) is 0 Å². The van der Waals surface area contributed by atoms with Crippen molar-refractivity contribution in [3.05, 3.63) is 97.2 Å². The number of hydrogen-bond donors (Lipinski definition) is 3. The molecule has 6 nitrogen and oxygen atoms in total. The lowest BCUT2D eigenvalue weighted by Crippen LogP contribution is -2.46. The number of nitrogens with one attached hydrogen (secondary N) is 1. The van der Waals surface area contributed by atoms with E-state index >= 15 is 0 Å². The number of aliphatic hydroxyl groups is 1. The van der Waals surface area contributed by atoms with Crippen LogP contribution >= 0.6 is 0 Å². The molecule has 0 fully saturated rings. The molecule has 7 heteroatoms. The molecule has 0 aliphatic carbocycles.